The third kappa shape index (κ3) is 5.97. The quantitative estimate of drug-likeness (QED) is 0.104. The molecule has 3 aliphatic rings. The number of nitrogens with one attached hydrogen (secondary N) is 1. The first-order valence-electron chi connectivity index (χ1n) is 11.9. The number of hydrogen-bond donors (Lipinski definition) is 8. The van der Waals surface area contributed by atoms with Crippen LogP contribution in [0.25, 0.3) is 0 Å². The van der Waals surface area contributed by atoms with Crippen molar-refractivity contribution in [2.75, 3.05) is 19.8 Å². The van der Waals surface area contributed by atoms with Gasteiger partial charge in [-0.2, -0.15) is 5.11 Å². The smallest absolute Gasteiger partial charge is 0.186 e. The lowest BCUT2D eigenvalue weighted by Crippen LogP contribution is -2.62. The van der Waals surface area contributed by atoms with E-state index < -0.39 is 92.0 Å². The van der Waals surface area contributed by atoms with Gasteiger partial charge in [0.25, 0.3) is 0 Å². The predicted octanol–water partition coefficient (Wildman–Crippen LogP) is -3.49. The van der Waals surface area contributed by atoms with E-state index in [2.05, 4.69) is 28.5 Å². The minimum atomic E-state index is -1.37. The van der Waals surface area contributed by atoms with E-state index in [1.165, 1.54) is 0 Å². The van der Waals surface area contributed by atoms with E-state index in [9.17, 15) is 25.5 Å². The number of aliphatic imine (C=N–C) groups is 2. The van der Waals surface area contributed by atoms with Crippen molar-refractivity contribution in [3.8, 4) is 0 Å². The van der Waals surface area contributed by atoms with Gasteiger partial charge in [-0.3, -0.25) is 9.98 Å². The monoisotopic (exact) mass is 518 g/mol. The molecule has 3 rings (SSSR count). The maximum absolute atomic E-state index is 11.2. The molecule has 0 radical (unpaired) electrons. The molecule has 8 unspecified atom stereocenters. The van der Waals surface area contributed by atoms with E-state index in [0.717, 1.165) is 0 Å². The molecule has 15 heteroatoms. The third-order valence-corrected chi connectivity index (χ3v) is 7.18. The van der Waals surface area contributed by atoms with E-state index in [1.807, 2.05) is 0 Å². The first-order chi connectivity index (χ1) is 17.2. The zero-order chi connectivity index (χ0) is 26.6. The van der Waals surface area contributed by atoms with Crippen LogP contribution in [0, 0.1) is 11.4 Å². The first-order valence-corrected chi connectivity index (χ1v) is 11.9. The van der Waals surface area contributed by atoms with Crippen molar-refractivity contribution in [3.63, 3.8) is 0 Å². The van der Waals surface area contributed by atoms with Gasteiger partial charge in [-0.05, 0) is 19.9 Å². The number of hydrogen-bond acceptors (Lipinski definition) is 15. The van der Waals surface area contributed by atoms with Crippen LogP contribution in [-0.2, 0) is 18.9 Å². The fourth-order valence-corrected chi connectivity index (χ4v) is 5.01. The number of ether oxygens (including phenoxy) is 4. The molecule has 0 aromatic rings. The van der Waals surface area contributed by atoms with Crippen LogP contribution < -0.4 is 11.5 Å². The van der Waals surface area contributed by atoms with Crippen molar-refractivity contribution in [1.82, 2.24) is 0 Å². The van der Waals surface area contributed by atoms with E-state index in [0.29, 0.717) is 0 Å². The minimum Gasteiger partial charge on any atom is -0.394 e. The van der Waals surface area contributed by atoms with Gasteiger partial charge in [-0.15, -0.1) is 0 Å². The van der Waals surface area contributed by atoms with Crippen molar-refractivity contribution in [3.05, 3.63) is 0 Å². The number of nitrogens with zero attached hydrogens (tertiary/aromatic N) is 3. The summed E-state index contributed by atoms with van der Waals surface area (Å²) in [4.78, 5) is 7.79. The van der Waals surface area contributed by atoms with Crippen LogP contribution >= 0.6 is 0 Å². The number of rotatable bonds is 10. The number of nitrogens with two attached hydrogens (primary N) is 2. The molecule has 15 nitrogen and oxygen atoms in total. The summed E-state index contributed by atoms with van der Waals surface area (Å²) in [6.45, 7) is 6.27. The Morgan fingerprint density at radius 1 is 0.944 bits per heavy atom. The average Bonchev–Trinajstić information content (AvgIpc) is 2.87. The van der Waals surface area contributed by atoms with Gasteiger partial charge in [0.15, 0.2) is 12.6 Å². The molecule has 3 fully saturated rings. The van der Waals surface area contributed by atoms with Crippen LogP contribution in [0.15, 0.2) is 15.1 Å². The second-order valence-electron chi connectivity index (χ2n) is 9.40. The fraction of sp³-hybridized carbons (Fsp3) is 0.905. The zero-order valence-corrected chi connectivity index (χ0v) is 19.9. The third-order valence-electron chi connectivity index (χ3n) is 7.18. The predicted molar refractivity (Wildman–Crippen MR) is 125 cm³/mol. The summed E-state index contributed by atoms with van der Waals surface area (Å²) in [6.07, 6.45) is -9.48. The Hall–Kier alpha value is -1.50. The Bertz CT molecular complexity index is 753. The molecule has 1 aliphatic carbocycles. The second kappa shape index (κ2) is 12.8. The highest BCUT2D eigenvalue weighted by atomic mass is 16.7. The summed E-state index contributed by atoms with van der Waals surface area (Å²) in [6, 6.07) is -3.06. The lowest BCUT2D eigenvalue weighted by Gasteiger charge is -2.46. The highest BCUT2D eigenvalue weighted by Crippen LogP contribution is 2.34. The van der Waals surface area contributed by atoms with Crippen LogP contribution in [0.5, 0.6) is 0 Å². The van der Waals surface area contributed by atoms with Gasteiger partial charge in [-0.1, -0.05) is 0 Å². The summed E-state index contributed by atoms with van der Waals surface area (Å²) in [5, 5.41) is 55.0. The molecule has 2 saturated heterocycles. The Morgan fingerprint density at radius 2 is 1.64 bits per heavy atom. The minimum absolute atomic E-state index is 0.0255. The molecule has 1 saturated carbocycles. The van der Waals surface area contributed by atoms with Crippen LogP contribution in [0.4, 0.5) is 0 Å². The highest BCUT2D eigenvalue weighted by Gasteiger charge is 2.49. The molecule has 14 atom stereocenters. The largest absolute Gasteiger partial charge is 0.394 e. The average molecular weight is 519 g/mol. The van der Waals surface area contributed by atoms with Crippen molar-refractivity contribution in [2.24, 2.45) is 32.5 Å². The zero-order valence-electron chi connectivity index (χ0n) is 19.9. The van der Waals surface area contributed by atoms with Crippen molar-refractivity contribution in [1.29, 1.82) is 5.53 Å². The van der Waals surface area contributed by atoms with Gasteiger partial charge in [-0.25, -0.2) is 5.53 Å². The molecule has 36 heavy (non-hydrogen) atoms. The van der Waals surface area contributed by atoms with Crippen LogP contribution in [-0.4, -0.2) is 138 Å². The van der Waals surface area contributed by atoms with Gasteiger partial charge >= 0.3 is 0 Å². The van der Waals surface area contributed by atoms with E-state index >= 15 is 0 Å². The maximum Gasteiger partial charge on any atom is 0.186 e. The normalized spacial score (nSPS) is 47.8. The van der Waals surface area contributed by atoms with E-state index in [4.69, 9.17) is 35.9 Å². The van der Waals surface area contributed by atoms with Crippen molar-refractivity contribution >= 4 is 13.4 Å². The molecular formula is C21H38N6O9. The van der Waals surface area contributed by atoms with Gasteiger partial charge in [0.1, 0.15) is 36.5 Å². The summed E-state index contributed by atoms with van der Waals surface area (Å²) >= 11 is 0. The Kier molecular flexibility index (Phi) is 10.4. The number of aliphatic hydroxyl groups is 5. The van der Waals surface area contributed by atoms with E-state index in [1.54, 1.807) is 0 Å². The standard InChI is InChI=1S/C21H38N6O9/c1-25-10-3-9(23)19(36-20-11(27-24)4-12(29)13(5-22)34-20)16(30)8(10)7-33-21-18(32)15(26-2)17(31)14(6-28)35-21/h8-21,24,28-32H,1-7,22-23H2/t8-,9-,10?,11?,12-,13?,14?,15?,16?,17+,18?,19?,20+,21-/m0/s1. The highest BCUT2D eigenvalue weighted by molar-refractivity contribution is 5.26. The first kappa shape index (κ1) is 29.1. The SMILES string of the molecule is C=NC1C(O)[C@@H](OC[C@H]2C(N=C)C[C@H](N)C(O[C@H]3OC(CN)[C@@H](O)CC3N=N)C2O)OC(CO)[C@H]1O. The molecule has 206 valence electrons. The van der Waals surface area contributed by atoms with E-state index in [-0.39, 0.29) is 26.0 Å². The molecule has 0 bridgehead atoms. The Labute approximate surface area is 208 Å². The molecular weight excluding hydrogens is 480 g/mol. The molecule has 0 aromatic carbocycles. The lowest BCUT2D eigenvalue weighted by atomic mass is 9.78. The van der Waals surface area contributed by atoms with Gasteiger partial charge in [0, 0.05) is 24.9 Å². The van der Waals surface area contributed by atoms with Gasteiger partial charge in [0.2, 0.25) is 0 Å². The summed E-state index contributed by atoms with van der Waals surface area (Å²) in [7, 11) is 0. The lowest BCUT2D eigenvalue weighted by molar-refractivity contribution is -0.288. The van der Waals surface area contributed by atoms with Crippen molar-refractivity contribution < 1.29 is 44.5 Å². The molecule has 10 N–H and O–H groups in total. The molecule has 2 aliphatic heterocycles. The van der Waals surface area contributed by atoms with Gasteiger partial charge in [0.05, 0.1) is 37.6 Å². The maximum atomic E-state index is 11.2. The number of aliphatic hydroxyl groups excluding tert-OH is 5. The Morgan fingerprint density at radius 3 is 2.22 bits per heavy atom. The van der Waals surface area contributed by atoms with Crippen molar-refractivity contribution in [2.45, 2.75) is 92.3 Å². The fourth-order valence-electron chi connectivity index (χ4n) is 5.01. The molecule has 2 heterocycles. The van der Waals surface area contributed by atoms with Gasteiger partial charge < -0.3 is 55.9 Å². The summed E-state index contributed by atoms with van der Waals surface area (Å²) in [5.41, 5.74) is 19.4. The van der Waals surface area contributed by atoms with Crippen LogP contribution in [0.2, 0.25) is 0 Å². The Balaban J connectivity index is 1.71. The molecule has 0 spiro atoms. The second-order valence-corrected chi connectivity index (χ2v) is 9.40. The molecule has 0 aromatic heterocycles. The topological polar surface area (TPSA) is 251 Å². The summed E-state index contributed by atoms with van der Waals surface area (Å²) < 4.78 is 22.9. The molecule has 0 amide bonds. The van der Waals surface area contributed by atoms with Crippen LogP contribution in [0.1, 0.15) is 12.8 Å². The van der Waals surface area contributed by atoms with Crippen LogP contribution in [0.3, 0.4) is 0 Å². The summed E-state index contributed by atoms with van der Waals surface area (Å²) in [5.74, 6) is -0.691.